The number of ether oxygens (including phenoxy) is 2. The molecule has 7 heteroatoms. The monoisotopic (exact) mass is 312 g/mol. The van der Waals surface area contributed by atoms with Gasteiger partial charge in [-0.05, 0) is 44.0 Å². The number of aromatic nitrogens is 1. The molecule has 2 aromatic rings. The fourth-order valence-corrected chi connectivity index (χ4v) is 1.50. The van der Waals surface area contributed by atoms with Crippen LogP contribution in [-0.4, -0.2) is 18.3 Å². The number of halogens is 3. The largest absolute Gasteiger partial charge is 0.494 e. The van der Waals surface area contributed by atoms with Crippen LogP contribution in [0.2, 0.25) is 0 Å². The third kappa shape index (κ3) is 5.08. The summed E-state index contributed by atoms with van der Waals surface area (Å²) in [5.74, 6) is 1.27. The van der Waals surface area contributed by atoms with Crippen molar-refractivity contribution in [2.45, 2.75) is 13.1 Å². The van der Waals surface area contributed by atoms with Gasteiger partial charge in [0.1, 0.15) is 11.5 Å². The average molecular weight is 312 g/mol. The van der Waals surface area contributed by atoms with Gasteiger partial charge in [0.05, 0.1) is 12.2 Å². The molecule has 1 aromatic carbocycles. The van der Waals surface area contributed by atoms with E-state index in [2.05, 4.69) is 11.7 Å². The van der Waals surface area contributed by atoms with Crippen molar-refractivity contribution in [3.63, 3.8) is 0 Å². The number of hydrogen-bond donors (Lipinski definition) is 1. The first-order chi connectivity index (χ1) is 10.5. The van der Waals surface area contributed by atoms with Crippen LogP contribution in [0.3, 0.4) is 0 Å². The summed E-state index contributed by atoms with van der Waals surface area (Å²) in [6, 6.07) is 8.84. The Labute approximate surface area is 126 Å². The molecule has 0 aliphatic rings. The molecule has 1 N–H and O–H groups in total. The van der Waals surface area contributed by atoms with Crippen LogP contribution in [0.4, 0.5) is 13.2 Å². The van der Waals surface area contributed by atoms with Gasteiger partial charge in [0, 0.05) is 12.3 Å². The molecule has 0 bridgehead atoms. The highest BCUT2D eigenvalue weighted by Crippen LogP contribution is 2.30. The number of alkyl halides is 3. The molecule has 118 valence electrons. The molecule has 0 fully saturated rings. The van der Waals surface area contributed by atoms with Gasteiger partial charge in [-0.1, -0.05) is 0 Å². The molecule has 1 heterocycles. The predicted octanol–water partition coefficient (Wildman–Crippen LogP) is 4.56. The molecule has 0 amide bonds. The Kier molecular flexibility index (Phi) is 6.37. The number of nitrogens with zero attached hydrogens (tertiary/aromatic N) is 1. The van der Waals surface area contributed by atoms with Crippen molar-refractivity contribution in [3.8, 4) is 17.4 Å². The van der Waals surface area contributed by atoms with E-state index < -0.39 is 11.7 Å². The summed E-state index contributed by atoms with van der Waals surface area (Å²) in [4.78, 5) is 3.63. The van der Waals surface area contributed by atoms with E-state index in [-0.39, 0.29) is 5.88 Å². The molecule has 0 aliphatic carbocycles. The highest BCUT2D eigenvalue weighted by Gasteiger charge is 2.30. The maximum absolute atomic E-state index is 12.4. The summed E-state index contributed by atoms with van der Waals surface area (Å²) in [5, 5.41) is 5.50. The van der Waals surface area contributed by atoms with Gasteiger partial charge in [0.15, 0.2) is 0 Å². The lowest BCUT2D eigenvalue weighted by molar-refractivity contribution is -0.137. The third-order valence-corrected chi connectivity index (χ3v) is 2.42. The van der Waals surface area contributed by atoms with Crippen molar-refractivity contribution in [2.24, 2.45) is 0 Å². The lowest BCUT2D eigenvalue weighted by Gasteiger charge is -2.08. The number of benzene rings is 1. The van der Waals surface area contributed by atoms with Crippen LogP contribution in [0.5, 0.6) is 17.4 Å². The van der Waals surface area contributed by atoms with Crippen LogP contribution in [0.15, 0.2) is 42.6 Å². The minimum Gasteiger partial charge on any atom is -0.494 e. The van der Waals surface area contributed by atoms with E-state index in [9.17, 15) is 13.2 Å². The Morgan fingerprint density at radius 3 is 2.09 bits per heavy atom. The van der Waals surface area contributed by atoms with Crippen molar-refractivity contribution >= 4 is 6.72 Å². The Bertz CT molecular complexity index is 569. The topological polar surface area (TPSA) is 55.2 Å². The van der Waals surface area contributed by atoms with Crippen molar-refractivity contribution in [1.29, 1.82) is 5.41 Å². The van der Waals surface area contributed by atoms with Crippen molar-refractivity contribution in [1.82, 2.24) is 4.98 Å². The van der Waals surface area contributed by atoms with Crippen LogP contribution < -0.4 is 9.47 Å². The summed E-state index contributed by atoms with van der Waals surface area (Å²) in [7, 11) is 0. The highest BCUT2D eigenvalue weighted by molar-refractivity contribution is 5.34. The predicted molar refractivity (Wildman–Crippen MR) is 76.8 cm³/mol. The molecule has 0 aliphatic heterocycles. The van der Waals surface area contributed by atoms with E-state index in [1.54, 1.807) is 24.3 Å². The van der Waals surface area contributed by atoms with Crippen molar-refractivity contribution < 1.29 is 22.6 Å². The van der Waals surface area contributed by atoms with E-state index in [1.165, 1.54) is 6.07 Å². The summed E-state index contributed by atoms with van der Waals surface area (Å²) < 4.78 is 47.7. The molecular formula is C15H15F3N2O2. The summed E-state index contributed by atoms with van der Waals surface area (Å²) in [5.41, 5.74) is -0.809. The molecule has 0 spiro atoms. The minimum atomic E-state index is -4.40. The second-order valence-electron chi connectivity index (χ2n) is 3.89. The Hall–Kier alpha value is -2.57. The number of nitrogens with one attached hydrogen (secondary N) is 1. The fourth-order valence-electron chi connectivity index (χ4n) is 1.50. The highest BCUT2D eigenvalue weighted by atomic mass is 19.4. The third-order valence-electron chi connectivity index (χ3n) is 2.42. The zero-order valence-corrected chi connectivity index (χ0v) is 11.9. The lowest BCUT2D eigenvalue weighted by Crippen LogP contribution is -2.05. The van der Waals surface area contributed by atoms with Crippen LogP contribution in [-0.2, 0) is 6.18 Å². The second-order valence-corrected chi connectivity index (χ2v) is 3.89. The van der Waals surface area contributed by atoms with Crippen molar-refractivity contribution in [2.75, 3.05) is 6.61 Å². The summed E-state index contributed by atoms with van der Waals surface area (Å²) >= 11 is 0. The molecule has 22 heavy (non-hydrogen) atoms. The molecule has 0 unspecified atom stereocenters. The molecular weight excluding hydrogens is 297 g/mol. The van der Waals surface area contributed by atoms with Gasteiger partial charge < -0.3 is 14.9 Å². The Morgan fingerprint density at radius 2 is 1.64 bits per heavy atom. The molecule has 4 nitrogen and oxygen atoms in total. The van der Waals surface area contributed by atoms with Crippen LogP contribution in [0.25, 0.3) is 0 Å². The normalized spacial score (nSPS) is 10.4. The van der Waals surface area contributed by atoms with Gasteiger partial charge in [0.2, 0.25) is 5.88 Å². The minimum absolute atomic E-state index is 0.0992. The SMILES string of the molecule is C=N.CCOc1ccc(Oc2ccc(C(F)(F)F)cn2)cc1. The zero-order valence-electron chi connectivity index (χ0n) is 11.9. The maximum atomic E-state index is 12.4. The standard InChI is InChI=1S/C14H12F3NO2.CH3N/c1-2-19-11-4-6-12(7-5-11)20-13-8-3-10(9-18-13)14(15,16)17;1-2/h3-9H,2H2,1H3;2H,1H2. The fraction of sp³-hybridized carbons (Fsp3) is 0.200. The van der Waals surface area contributed by atoms with E-state index in [0.29, 0.717) is 18.1 Å². The second kappa shape index (κ2) is 8.02. The number of pyridine rings is 1. The zero-order chi connectivity index (χ0) is 16.6. The van der Waals surface area contributed by atoms with Crippen LogP contribution in [0.1, 0.15) is 12.5 Å². The molecule has 0 saturated heterocycles. The smallest absolute Gasteiger partial charge is 0.417 e. The van der Waals surface area contributed by atoms with E-state index in [1.807, 2.05) is 6.92 Å². The molecule has 0 saturated carbocycles. The first kappa shape index (κ1) is 17.5. The van der Waals surface area contributed by atoms with Crippen LogP contribution in [0, 0.1) is 5.41 Å². The maximum Gasteiger partial charge on any atom is 0.417 e. The quantitative estimate of drug-likeness (QED) is 0.842. The molecule has 2 rings (SSSR count). The summed E-state index contributed by atoms with van der Waals surface area (Å²) in [6.07, 6.45) is -3.66. The molecule has 1 aromatic heterocycles. The van der Waals surface area contributed by atoms with E-state index >= 15 is 0 Å². The van der Waals surface area contributed by atoms with Gasteiger partial charge in [-0.25, -0.2) is 4.98 Å². The molecule has 0 atom stereocenters. The first-order valence-electron chi connectivity index (χ1n) is 6.28. The van der Waals surface area contributed by atoms with Crippen molar-refractivity contribution in [3.05, 3.63) is 48.2 Å². The van der Waals surface area contributed by atoms with Gasteiger partial charge in [-0.2, -0.15) is 13.2 Å². The average Bonchev–Trinajstić information content (AvgIpc) is 2.51. The first-order valence-corrected chi connectivity index (χ1v) is 6.28. The van der Waals surface area contributed by atoms with Gasteiger partial charge in [-0.3, -0.25) is 0 Å². The Morgan fingerprint density at radius 1 is 1.05 bits per heavy atom. The lowest BCUT2D eigenvalue weighted by atomic mass is 10.3. The summed E-state index contributed by atoms with van der Waals surface area (Å²) in [6.45, 7) is 4.93. The van der Waals surface area contributed by atoms with Crippen LogP contribution >= 0.6 is 0 Å². The van der Waals surface area contributed by atoms with Gasteiger partial charge >= 0.3 is 6.18 Å². The van der Waals surface area contributed by atoms with Gasteiger partial charge in [-0.15, -0.1) is 0 Å². The van der Waals surface area contributed by atoms with E-state index in [0.717, 1.165) is 12.3 Å². The number of hydrogen-bond acceptors (Lipinski definition) is 4. The van der Waals surface area contributed by atoms with Gasteiger partial charge in [0.25, 0.3) is 0 Å². The molecule has 0 radical (unpaired) electrons. The van der Waals surface area contributed by atoms with E-state index in [4.69, 9.17) is 14.9 Å². The number of rotatable bonds is 4. The Balaban J connectivity index is 0.00000116.